The maximum Gasteiger partial charge on any atom is 0.416 e. The van der Waals surface area contributed by atoms with Crippen molar-refractivity contribution in [3.05, 3.63) is 86.2 Å². The van der Waals surface area contributed by atoms with Crippen LogP contribution in [0.4, 0.5) is 13.2 Å². The van der Waals surface area contributed by atoms with Crippen molar-refractivity contribution in [2.24, 2.45) is 7.05 Å². The number of alkyl halides is 3. The number of amides is 1. The normalized spacial score (nSPS) is 14.8. The minimum atomic E-state index is -4.42. The van der Waals surface area contributed by atoms with Gasteiger partial charge in [0.25, 0.3) is 5.91 Å². The molecule has 0 spiro atoms. The molecule has 216 valence electrons. The first kappa shape index (κ1) is 28.6. The van der Waals surface area contributed by atoms with Crippen LogP contribution in [-0.2, 0) is 26.4 Å². The van der Waals surface area contributed by atoms with Gasteiger partial charge in [-0.2, -0.15) is 18.3 Å². The van der Waals surface area contributed by atoms with Crippen LogP contribution in [0.5, 0.6) is 5.75 Å². The van der Waals surface area contributed by atoms with Gasteiger partial charge in [-0.15, -0.1) is 0 Å². The van der Waals surface area contributed by atoms with E-state index in [1.807, 2.05) is 6.92 Å². The monoisotopic (exact) mass is 589 g/mol. The number of carbonyl (C=O) groups excluding carboxylic acids is 1. The first-order valence-electron chi connectivity index (χ1n) is 12.9. The third-order valence-corrected chi connectivity index (χ3v) is 7.37. The second-order valence-corrected chi connectivity index (χ2v) is 10.3. The quantitative estimate of drug-likeness (QED) is 0.318. The molecule has 0 atom stereocenters. The highest BCUT2D eigenvalue weighted by atomic mass is 35.5. The number of hydrogen-bond acceptors (Lipinski definition) is 7. The highest BCUT2D eigenvalue weighted by molar-refractivity contribution is 6.38. The molecule has 4 aromatic rings. The zero-order valence-electron chi connectivity index (χ0n) is 22.4. The van der Waals surface area contributed by atoms with Gasteiger partial charge in [0, 0.05) is 45.5 Å². The highest BCUT2D eigenvalue weighted by Crippen LogP contribution is 2.30. The van der Waals surface area contributed by atoms with Gasteiger partial charge in [0.15, 0.2) is 5.65 Å². The predicted octanol–water partition coefficient (Wildman–Crippen LogP) is 4.83. The summed E-state index contributed by atoms with van der Waals surface area (Å²) in [6.45, 7) is 4.34. The number of fused-ring (bicyclic) bond motifs is 1. The van der Waals surface area contributed by atoms with E-state index in [0.29, 0.717) is 77.8 Å². The first-order chi connectivity index (χ1) is 19.5. The standard InChI is InChI=1S/C28H27ClF3N5O4/c1-17-24-25(29)21(13-33-26(24)35(2)34-17)27(39)37-9-3-8-36(10-11-37)14-20-12-22(38)23(16-40-20)41-15-18-4-6-19(7-5-18)28(30,31)32/h4-7,12-13,16H,3,8-11,14-15H2,1-2H3. The number of pyridine rings is 1. The van der Waals surface area contributed by atoms with E-state index in [1.54, 1.807) is 16.6 Å². The molecule has 1 aromatic carbocycles. The minimum Gasteiger partial charge on any atom is -0.482 e. The summed E-state index contributed by atoms with van der Waals surface area (Å²) in [6.07, 6.45) is -1.01. The van der Waals surface area contributed by atoms with Crippen molar-refractivity contribution in [3.8, 4) is 5.75 Å². The topological polar surface area (TPSA) is 93.7 Å². The van der Waals surface area contributed by atoms with Crippen LogP contribution in [-0.4, -0.2) is 56.7 Å². The number of halogens is 4. The van der Waals surface area contributed by atoms with Gasteiger partial charge in [-0.05, 0) is 31.0 Å². The maximum absolute atomic E-state index is 13.3. The van der Waals surface area contributed by atoms with E-state index in [1.165, 1.54) is 30.7 Å². The molecule has 0 N–H and O–H groups in total. The Morgan fingerprint density at radius 2 is 1.90 bits per heavy atom. The fourth-order valence-electron chi connectivity index (χ4n) is 4.82. The molecule has 13 heteroatoms. The van der Waals surface area contributed by atoms with Crippen molar-refractivity contribution >= 4 is 28.5 Å². The zero-order chi connectivity index (χ0) is 29.3. The van der Waals surface area contributed by atoms with Crippen molar-refractivity contribution in [3.63, 3.8) is 0 Å². The Kier molecular flexibility index (Phi) is 8.05. The summed E-state index contributed by atoms with van der Waals surface area (Å²) in [5.41, 5.74) is 0.985. The number of ether oxygens (including phenoxy) is 1. The molecule has 1 aliphatic heterocycles. The summed E-state index contributed by atoms with van der Waals surface area (Å²) in [7, 11) is 1.77. The number of carbonyl (C=O) groups is 1. The Morgan fingerprint density at radius 1 is 1.15 bits per heavy atom. The number of aromatic nitrogens is 3. The molecule has 1 saturated heterocycles. The van der Waals surface area contributed by atoms with Crippen molar-refractivity contribution in [1.29, 1.82) is 0 Å². The van der Waals surface area contributed by atoms with Gasteiger partial charge in [-0.1, -0.05) is 23.7 Å². The molecule has 41 heavy (non-hydrogen) atoms. The second kappa shape index (κ2) is 11.5. The summed E-state index contributed by atoms with van der Waals surface area (Å²) in [5.74, 6) is 0.199. The van der Waals surface area contributed by atoms with Crippen LogP contribution in [0.3, 0.4) is 0 Å². The van der Waals surface area contributed by atoms with E-state index >= 15 is 0 Å². The van der Waals surface area contributed by atoms with E-state index in [4.69, 9.17) is 20.8 Å². The number of nitrogens with zero attached hydrogens (tertiary/aromatic N) is 5. The molecule has 0 bridgehead atoms. The van der Waals surface area contributed by atoms with Crippen molar-refractivity contribution < 1.29 is 27.1 Å². The number of rotatable bonds is 6. The SMILES string of the molecule is Cc1nn(C)c2ncc(C(=O)N3CCCN(Cc4cc(=O)c(OCc5ccc(C(F)(F)F)cc5)co4)CC3)c(Cl)c12. The zero-order valence-corrected chi connectivity index (χ0v) is 23.1. The third-order valence-electron chi connectivity index (χ3n) is 6.98. The maximum atomic E-state index is 13.3. The van der Waals surface area contributed by atoms with Crippen LogP contribution in [0.2, 0.25) is 5.02 Å². The van der Waals surface area contributed by atoms with E-state index < -0.39 is 17.2 Å². The van der Waals surface area contributed by atoms with Crippen LogP contribution in [0.1, 0.15) is 39.4 Å². The van der Waals surface area contributed by atoms with Crippen LogP contribution in [0, 0.1) is 6.92 Å². The summed E-state index contributed by atoms with van der Waals surface area (Å²) in [6, 6.07) is 5.87. The van der Waals surface area contributed by atoms with E-state index in [2.05, 4.69) is 15.0 Å². The smallest absolute Gasteiger partial charge is 0.416 e. The van der Waals surface area contributed by atoms with Crippen LogP contribution >= 0.6 is 11.6 Å². The molecule has 4 heterocycles. The van der Waals surface area contributed by atoms with Crippen LogP contribution in [0.25, 0.3) is 11.0 Å². The highest BCUT2D eigenvalue weighted by Gasteiger charge is 2.30. The summed E-state index contributed by atoms with van der Waals surface area (Å²) in [4.78, 5) is 34.1. The van der Waals surface area contributed by atoms with E-state index in [-0.39, 0.29) is 18.3 Å². The molecule has 5 rings (SSSR count). The lowest BCUT2D eigenvalue weighted by molar-refractivity contribution is -0.137. The molecule has 0 aliphatic carbocycles. The Labute approximate surface area is 238 Å². The van der Waals surface area contributed by atoms with E-state index in [9.17, 15) is 22.8 Å². The number of benzene rings is 1. The van der Waals surface area contributed by atoms with Crippen LogP contribution in [0.15, 0.2) is 52.0 Å². The molecular weight excluding hydrogens is 563 g/mol. The first-order valence-corrected chi connectivity index (χ1v) is 13.3. The van der Waals surface area contributed by atoms with Gasteiger partial charge in [0.05, 0.1) is 33.8 Å². The Balaban J connectivity index is 1.18. The molecule has 0 unspecified atom stereocenters. The van der Waals surface area contributed by atoms with Gasteiger partial charge >= 0.3 is 6.18 Å². The molecular formula is C28H27ClF3N5O4. The van der Waals surface area contributed by atoms with Gasteiger partial charge in [0.2, 0.25) is 11.2 Å². The lowest BCUT2D eigenvalue weighted by Gasteiger charge is -2.22. The average Bonchev–Trinajstić information content (AvgIpc) is 3.07. The predicted molar refractivity (Wildman–Crippen MR) is 145 cm³/mol. The molecule has 9 nitrogen and oxygen atoms in total. The largest absolute Gasteiger partial charge is 0.482 e. The third kappa shape index (κ3) is 6.23. The van der Waals surface area contributed by atoms with Gasteiger partial charge < -0.3 is 14.1 Å². The number of hydrogen-bond donors (Lipinski definition) is 0. The lowest BCUT2D eigenvalue weighted by atomic mass is 10.1. The fraction of sp³-hybridized carbons (Fsp3) is 0.357. The average molecular weight is 590 g/mol. The van der Waals surface area contributed by atoms with Gasteiger partial charge in [0.1, 0.15) is 18.6 Å². The van der Waals surface area contributed by atoms with Crippen LogP contribution < -0.4 is 10.2 Å². The van der Waals surface area contributed by atoms with Crippen molar-refractivity contribution in [1.82, 2.24) is 24.6 Å². The van der Waals surface area contributed by atoms with Gasteiger partial charge in [-0.25, -0.2) is 4.98 Å². The van der Waals surface area contributed by atoms with Crippen molar-refractivity contribution in [2.45, 2.75) is 32.7 Å². The Bertz CT molecular complexity index is 1630. The summed E-state index contributed by atoms with van der Waals surface area (Å²) >= 11 is 6.61. The molecule has 0 saturated carbocycles. The summed E-state index contributed by atoms with van der Waals surface area (Å²) < 4.78 is 50.9. The van der Waals surface area contributed by atoms with Gasteiger partial charge in [-0.3, -0.25) is 19.2 Å². The molecule has 1 amide bonds. The molecule has 1 fully saturated rings. The molecule has 3 aromatic heterocycles. The minimum absolute atomic E-state index is 0.0346. The van der Waals surface area contributed by atoms with E-state index in [0.717, 1.165) is 12.1 Å². The lowest BCUT2D eigenvalue weighted by Crippen LogP contribution is -2.35. The number of aryl methyl sites for hydroxylation is 2. The molecule has 1 aliphatic rings. The fourth-order valence-corrected chi connectivity index (χ4v) is 5.17. The Morgan fingerprint density at radius 3 is 2.61 bits per heavy atom. The summed E-state index contributed by atoms with van der Waals surface area (Å²) in [5, 5.41) is 5.35. The Hall–Kier alpha value is -3.90. The van der Waals surface area contributed by atoms with Crippen molar-refractivity contribution in [2.75, 3.05) is 26.2 Å². The molecule has 0 radical (unpaired) electrons. The second-order valence-electron chi connectivity index (χ2n) is 9.87.